The SMILES string of the molecule is O=C(c1cc(-n2cnnn2)n[nH]1)N1CCN2[C@@H](COC[C@@H]2c2ccccc2)C1. The van der Waals surface area contributed by atoms with Crippen molar-refractivity contribution < 1.29 is 9.53 Å². The van der Waals surface area contributed by atoms with Gasteiger partial charge in [0, 0.05) is 25.7 Å². The highest BCUT2D eigenvalue weighted by molar-refractivity contribution is 5.92. The topological polar surface area (TPSA) is 105 Å². The third-order valence-corrected chi connectivity index (χ3v) is 5.36. The first-order chi connectivity index (χ1) is 13.8. The molecule has 1 amide bonds. The van der Waals surface area contributed by atoms with Crippen LogP contribution in [0.2, 0.25) is 0 Å². The van der Waals surface area contributed by atoms with E-state index < -0.39 is 0 Å². The van der Waals surface area contributed by atoms with Crippen LogP contribution in [0.5, 0.6) is 0 Å². The Hall–Kier alpha value is -3.11. The summed E-state index contributed by atoms with van der Waals surface area (Å²) in [5.41, 5.74) is 1.68. The highest BCUT2D eigenvalue weighted by Gasteiger charge is 2.38. The summed E-state index contributed by atoms with van der Waals surface area (Å²) >= 11 is 0. The molecule has 144 valence electrons. The standard InChI is InChI=1S/C18H20N8O2/c27-18(15-8-17(21-20-15)26-12-19-22-23-26)24-6-7-25-14(9-24)10-28-11-16(25)13-4-2-1-3-5-13/h1-5,8,12,14,16H,6-7,9-11H2,(H,20,21)/t14-,16-/m1/s1. The number of carbonyl (C=O) groups is 1. The molecule has 5 rings (SSSR count). The molecule has 1 N–H and O–H groups in total. The molecule has 0 radical (unpaired) electrons. The van der Waals surface area contributed by atoms with E-state index in [-0.39, 0.29) is 18.0 Å². The largest absolute Gasteiger partial charge is 0.378 e. The molecule has 2 fully saturated rings. The molecule has 4 heterocycles. The van der Waals surface area contributed by atoms with E-state index in [4.69, 9.17) is 4.74 Å². The molecule has 28 heavy (non-hydrogen) atoms. The summed E-state index contributed by atoms with van der Waals surface area (Å²) in [7, 11) is 0. The summed E-state index contributed by atoms with van der Waals surface area (Å²) in [6, 6.07) is 12.5. The van der Waals surface area contributed by atoms with Crippen LogP contribution in [0, 0.1) is 0 Å². The van der Waals surface area contributed by atoms with Gasteiger partial charge in [0.2, 0.25) is 0 Å². The van der Waals surface area contributed by atoms with Crippen LogP contribution < -0.4 is 0 Å². The van der Waals surface area contributed by atoms with Crippen LogP contribution in [-0.4, -0.2) is 85.0 Å². The van der Waals surface area contributed by atoms with Crippen molar-refractivity contribution in [2.45, 2.75) is 12.1 Å². The van der Waals surface area contributed by atoms with E-state index in [0.29, 0.717) is 37.8 Å². The van der Waals surface area contributed by atoms with Crippen molar-refractivity contribution in [3.63, 3.8) is 0 Å². The van der Waals surface area contributed by atoms with E-state index >= 15 is 0 Å². The first-order valence-electron chi connectivity index (χ1n) is 9.26. The molecule has 10 heteroatoms. The first-order valence-corrected chi connectivity index (χ1v) is 9.26. The number of amides is 1. The van der Waals surface area contributed by atoms with Gasteiger partial charge in [0.1, 0.15) is 12.0 Å². The molecule has 0 bridgehead atoms. The summed E-state index contributed by atoms with van der Waals surface area (Å²) < 4.78 is 7.27. The van der Waals surface area contributed by atoms with Gasteiger partial charge in [-0.3, -0.25) is 14.8 Å². The van der Waals surface area contributed by atoms with Crippen LogP contribution in [0.25, 0.3) is 5.82 Å². The molecule has 2 aliphatic heterocycles. The van der Waals surface area contributed by atoms with Crippen molar-refractivity contribution in [2.75, 3.05) is 32.8 Å². The number of nitrogens with one attached hydrogen (secondary N) is 1. The minimum Gasteiger partial charge on any atom is -0.378 e. The maximum atomic E-state index is 12.9. The van der Waals surface area contributed by atoms with Gasteiger partial charge in [-0.25, -0.2) is 0 Å². The second kappa shape index (κ2) is 7.13. The quantitative estimate of drug-likeness (QED) is 0.696. The van der Waals surface area contributed by atoms with Gasteiger partial charge in [-0.05, 0) is 16.0 Å². The number of tetrazole rings is 1. The number of ether oxygens (including phenoxy) is 1. The number of aromatic nitrogens is 6. The van der Waals surface area contributed by atoms with Gasteiger partial charge in [-0.1, -0.05) is 30.3 Å². The number of H-pyrrole nitrogens is 1. The maximum Gasteiger partial charge on any atom is 0.272 e. The predicted octanol–water partition coefficient (Wildman–Crippen LogP) is 0.283. The molecule has 0 unspecified atom stereocenters. The average molecular weight is 380 g/mol. The Morgan fingerprint density at radius 1 is 1.18 bits per heavy atom. The summed E-state index contributed by atoms with van der Waals surface area (Å²) in [6.07, 6.45) is 1.44. The molecule has 2 saturated heterocycles. The summed E-state index contributed by atoms with van der Waals surface area (Å²) in [5.74, 6) is 0.408. The Balaban J connectivity index is 1.30. The van der Waals surface area contributed by atoms with E-state index in [1.165, 1.54) is 16.6 Å². The third-order valence-electron chi connectivity index (χ3n) is 5.36. The predicted molar refractivity (Wildman–Crippen MR) is 97.7 cm³/mol. The fourth-order valence-electron chi connectivity index (χ4n) is 3.96. The van der Waals surface area contributed by atoms with Crippen LogP contribution >= 0.6 is 0 Å². The first kappa shape index (κ1) is 17.0. The summed E-state index contributed by atoms with van der Waals surface area (Å²) in [6.45, 7) is 3.42. The van der Waals surface area contributed by atoms with Crippen molar-refractivity contribution in [3.8, 4) is 5.82 Å². The van der Waals surface area contributed by atoms with Crippen LogP contribution in [0.15, 0.2) is 42.7 Å². The van der Waals surface area contributed by atoms with Gasteiger partial charge >= 0.3 is 0 Å². The van der Waals surface area contributed by atoms with Gasteiger partial charge in [0.05, 0.1) is 25.3 Å². The summed E-state index contributed by atoms with van der Waals surface area (Å²) in [4.78, 5) is 17.3. The van der Waals surface area contributed by atoms with Gasteiger partial charge in [-0.2, -0.15) is 9.78 Å². The van der Waals surface area contributed by atoms with Crippen LogP contribution in [0.3, 0.4) is 0 Å². The second-order valence-electron chi connectivity index (χ2n) is 7.00. The van der Waals surface area contributed by atoms with Crippen molar-refractivity contribution >= 4 is 5.91 Å². The van der Waals surface area contributed by atoms with Crippen molar-refractivity contribution in [3.05, 3.63) is 54.0 Å². The number of rotatable bonds is 3. The van der Waals surface area contributed by atoms with E-state index in [9.17, 15) is 4.79 Å². The van der Waals surface area contributed by atoms with E-state index in [0.717, 1.165) is 6.54 Å². The van der Waals surface area contributed by atoms with Crippen LogP contribution in [-0.2, 0) is 4.74 Å². The Morgan fingerprint density at radius 3 is 2.89 bits per heavy atom. The molecule has 3 aromatic rings. The van der Waals surface area contributed by atoms with E-state index in [2.05, 4.69) is 54.9 Å². The number of hydrogen-bond donors (Lipinski definition) is 1. The van der Waals surface area contributed by atoms with Crippen LogP contribution in [0.4, 0.5) is 0 Å². The number of nitrogens with zero attached hydrogens (tertiary/aromatic N) is 7. The Kier molecular flexibility index (Phi) is 4.34. The number of aromatic amines is 1. The normalized spacial score (nSPS) is 22.8. The maximum absolute atomic E-state index is 12.9. The van der Waals surface area contributed by atoms with Crippen molar-refractivity contribution in [2.24, 2.45) is 0 Å². The fourth-order valence-corrected chi connectivity index (χ4v) is 3.96. The highest BCUT2D eigenvalue weighted by atomic mass is 16.5. The van der Waals surface area contributed by atoms with E-state index in [1.807, 2.05) is 11.0 Å². The Morgan fingerprint density at radius 2 is 2.07 bits per heavy atom. The van der Waals surface area contributed by atoms with Gasteiger partial charge in [0.25, 0.3) is 5.91 Å². The van der Waals surface area contributed by atoms with Gasteiger partial charge < -0.3 is 9.64 Å². The second-order valence-corrected chi connectivity index (χ2v) is 7.00. The minimum absolute atomic E-state index is 0.0756. The average Bonchev–Trinajstić information content (AvgIpc) is 3.45. The Bertz CT molecular complexity index is 942. The molecular weight excluding hydrogens is 360 g/mol. The molecule has 0 spiro atoms. The number of carbonyl (C=O) groups excluding carboxylic acids is 1. The van der Waals surface area contributed by atoms with Gasteiger partial charge in [-0.15, -0.1) is 5.10 Å². The van der Waals surface area contributed by atoms with Crippen molar-refractivity contribution in [1.29, 1.82) is 0 Å². The Labute approximate surface area is 161 Å². The lowest BCUT2D eigenvalue weighted by Gasteiger charge is -2.48. The lowest BCUT2D eigenvalue weighted by Crippen LogP contribution is -2.60. The molecule has 1 aromatic carbocycles. The molecule has 2 aromatic heterocycles. The smallest absolute Gasteiger partial charge is 0.272 e. The van der Waals surface area contributed by atoms with Crippen LogP contribution in [0.1, 0.15) is 22.1 Å². The lowest BCUT2D eigenvalue weighted by atomic mass is 10.00. The fraction of sp³-hybridized carbons (Fsp3) is 0.389. The molecule has 10 nitrogen and oxygen atoms in total. The number of hydrogen-bond acceptors (Lipinski definition) is 7. The number of morpholine rings is 1. The monoisotopic (exact) mass is 380 g/mol. The highest BCUT2D eigenvalue weighted by Crippen LogP contribution is 2.29. The lowest BCUT2D eigenvalue weighted by molar-refractivity contribution is -0.0770. The zero-order chi connectivity index (χ0) is 18.9. The third kappa shape index (κ3) is 3.06. The number of piperazine rings is 1. The van der Waals surface area contributed by atoms with Gasteiger partial charge in [0.15, 0.2) is 5.82 Å². The molecule has 2 atom stereocenters. The summed E-state index contributed by atoms with van der Waals surface area (Å²) in [5, 5.41) is 17.9. The number of benzene rings is 1. The molecule has 0 aliphatic carbocycles. The van der Waals surface area contributed by atoms with Crippen molar-refractivity contribution in [1.82, 2.24) is 40.2 Å². The van der Waals surface area contributed by atoms with E-state index in [1.54, 1.807) is 6.07 Å². The minimum atomic E-state index is -0.0756. The molecular formula is C18H20N8O2. The zero-order valence-electron chi connectivity index (χ0n) is 15.2. The molecule has 2 aliphatic rings. The zero-order valence-corrected chi connectivity index (χ0v) is 15.2. The molecule has 0 saturated carbocycles. The number of fused-ring (bicyclic) bond motifs is 1.